The summed E-state index contributed by atoms with van der Waals surface area (Å²) in [5.74, 6) is -0.218. The standard InChI is InChI=1S/C20H20N4O/c1-14-6-7-15(2)19(11-14)24-20(25)18-9-8-17(13-23-18)22-12-16-5-3-4-10-21-16/h3-11,13,22H,12H2,1-2H3,(H,24,25). The van der Waals surface area contributed by atoms with Crippen molar-refractivity contribution in [2.45, 2.75) is 20.4 Å². The van der Waals surface area contributed by atoms with Crippen LogP contribution in [0.15, 0.2) is 60.9 Å². The second-order valence-corrected chi connectivity index (χ2v) is 5.88. The molecule has 0 saturated carbocycles. The summed E-state index contributed by atoms with van der Waals surface area (Å²) in [6.45, 7) is 4.57. The van der Waals surface area contributed by atoms with Crippen LogP contribution >= 0.6 is 0 Å². The van der Waals surface area contributed by atoms with Crippen LogP contribution in [0.4, 0.5) is 11.4 Å². The lowest BCUT2D eigenvalue weighted by Gasteiger charge is -2.10. The minimum absolute atomic E-state index is 0.218. The number of carbonyl (C=O) groups is 1. The second-order valence-electron chi connectivity index (χ2n) is 5.88. The van der Waals surface area contributed by atoms with Gasteiger partial charge < -0.3 is 10.6 Å². The van der Waals surface area contributed by atoms with Crippen molar-refractivity contribution < 1.29 is 4.79 Å². The normalized spacial score (nSPS) is 10.3. The van der Waals surface area contributed by atoms with E-state index in [-0.39, 0.29) is 5.91 Å². The second kappa shape index (κ2) is 7.57. The van der Waals surface area contributed by atoms with Gasteiger partial charge in [0.2, 0.25) is 0 Å². The highest BCUT2D eigenvalue weighted by molar-refractivity contribution is 6.03. The minimum Gasteiger partial charge on any atom is -0.378 e. The first kappa shape index (κ1) is 16.6. The van der Waals surface area contributed by atoms with Gasteiger partial charge in [-0.2, -0.15) is 0 Å². The molecule has 3 aromatic rings. The lowest BCUT2D eigenvalue weighted by atomic mass is 10.1. The molecule has 0 aliphatic carbocycles. The molecule has 0 fully saturated rings. The lowest BCUT2D eigenvalue weighted by Crippen LogP contribution is -2.14. The number of aromatic nitrogens is 2. The summed E-state index contributed by atoms with van der Waals surface area (Å²) in [5, 5.41) is 6.15. The molecule has 1 amide bonds. The summed E-state index contributed by atoms with van der Waals surface area (Å²) >= 11 is 0. The van der Waals surface area contributed by atoms with Crippen LogP contribution in [0.2, 0.25) is 0 Å². The largest absolute Gasteiger partial charge is 0.378 e. The Morgan fingerprint density at radius 3 is 2.64 bits per heavy atom. The van der Waals surface area contributed by atoms with E-state index in [1.807, 2.05) is 56.3 Å². The molecule has 5 heteroatoms. The first-order chi connectivity index (χ1) is 12.1. The van der Waals surface area contributed by atoms with Crippen molar-refractivity contribution >= 4 is 17.3 Å². The van der Waals surface area contributed by atoms with Gasteiger partial charge in [-0.3, -0.25) is 9.78 Å². The van der Waals surface area contributed by atoms with Gasteiger partial charge in [0.15, 0.2) is 0 Å². The number of carbonyl (C=O) groups excluding carboxylic acids is 1. The SMILES string of the molecule is Cc1ccc(C)c(NC(=O)c2ccc(NCc3ccccn3)cn2)c1. The molecule has 0 saturated heterocycles. The van der Waals surface area contributed by atoms with Gasteiger partial charge >= 0.3 is 0 Å². The molecule has 1 aromatic carbocycles. The molecule has 0 aliphatic heterocycles. The fourth-order valence-corrected chi connectivity index (χ4v) is 2.38. The van der Waals surface area contributed by atoms with Crippen molar-refractivity contribution in [3.05, 3.63) is 83.4 Å². The number of aryl methyl sites for hydroxylation is 2. The molecule has 0 radical (unpaired) electrons. The number of hydrogen-bond acceptors (Lipinski definition) is 4. The van der Waals surface area contributed by atoms with Gasteiger partial charge in [-0.15, -0.1) is 0 Å². The summed E-state index contributed by atoms with van der Waals surface area (Å²) in [6, 6.07) is 15.3. The Bertz CT molecular complexity index is 861. The van der Waals surface area contributed by atoms with Crippen LogP contribution in [0.5, 0.6) is 0 Å². The van der Waals surface area contributed by atoms with Crippen LogP contribution in [-0.4, -0.2) is 15.9 Å². The van der Waals surface area contributed by atoms with Crippen LogP contribution in [0.3, 0.4) is 0 Å². The zero-order valence-electron chi connectivity index (χ0n) is 14.3. The number of nitrogens with one attached hydrogen (secondary N) is 2. The average Bonchev–Trinajstić information content (AvgIpc) is 2.64. The van der Waals surface area contributed by atoms with Gasteiger partial charge in [0.05, 0.1) is 24.1 Å². The zero-order valence-corrected chi connectivity index (χ0v) is 14.3. The highest BCUT2D eigenvalue weighted by Gasteiger charge is 2.09. The monoisotopic (exact) mass is 332 g/mol. The third-order valence-corrected chi connectivity index (χ3v) is 3.84. The summed E-state index contributed by atoms with van der Waals surface area (Å²) in [7, 11) is 0. The fourth-order valence-electron chi connectivity index (χ4n) is 2.38. The fraction of sp³-hybridized carbons (Fsp3) is 0.150. The summed E-state index contributed by atoms with van der Waals surface area (Å²) in [5.41, 5.74) is 5.09. The first-order valence-corrected chi connectivity index (χ1v) is 8.10. The molecule has 2 aromatic heterocycles. The van der Waals surface area contributed by atoms with Crippen LogP contribution in [0.25, 0.3) is 0 Å². The molecule has 0 aliphatic rings. The number of nitrogens with zero attached hydrogens (tertiary/aromatic N) is 2. The van der Waals surface area contributed by atoms with E-state index in [0.717, 1.165) is 28.2 Å². The number of hydrogen-bond donors (Lipinski definition) is 2. The van der Waals surface area contributed by atoms with Crippen LogP contribution in [0, 0.1) is 13.8 Å². The van der Waals surface area contributed by atoms with Crippen LogP contribution < -0.4 is 10.6 Å². The average molecular weight is 332 g/mol. The van der Waals surface area contributed by atoms with Crippen molar-refractivity contribution in [3.63, 3.8) is 0 Å². The molecule has 126 valence electrons. The Hall–Kier alpha value is -3.21. The minimum atomic E-state index is -0.218. The van der Waals surface area contributed by atoms with Crippen LogP contribution in [-0.2, 0) is 6.54 Å². The Kier molecular flexibility index (Phi) is 5.04. The van der Waals surface area contributed by atoms with Crippen molar-refractivity contribution in [3.8, 4) is 0 Å². The number of amides is 1. The molecular weight excluding hydrogens is 312 g/mol. The van der Waals surface area contributed by atoms with Crippen molar-refractivity contribution in [1.29, 1.82) is 0 Å². The Labute approximate surface area is 147 Å². The van der Waals surface area contributed by atoms with Gasteiger partial charge in [0, 0.05) is 11.9 Å². The third kappa shape index (κ3) is 4.41. The maximum atomic E-state index is 12.4. The molecule has 25 heavy (non-hydrogen) atoms. The number of pyridine rings is 2. The van der Waals surface area contributed by atoms with E-state index in [1.54, 1.807) is 18.5 Å². The molecule has 0 atom stereocenters. The van der Waals surface area contributed by atoms with Crippen molar-refractivity contribution in [1.82, 2.24) is 9.97 Å². The predicted molar refractivity (Wildman–Crippen MR) is 99.7 cm³/mol. The van der Waals surface area contributed by atoms with Crippen molar-refractivity contribution in [2.75, 3.05) is 10.6 Å². The molecule has 3 rings (SSSR count). The van der Waals surface area contributed by atoms with E-state index in [4.69, 9.17) is 0 Å². The molecule has 0 spiro atoms. The summed E-state index contributed by atoms with van der Waals surface area (Å²) in [6.07, 6.45) is 3.41. The molecule has 0 bridgehead atoms. The summed E-state index contributed by atoms with van der Waals surface area (Å²) in [4.78, 5) is 20.9. The highest BCUT2D eigenvalue weighted by Crippen LogP contribution is 2.17. The van der Waals surface area contributed by atoms with Gasteiger partial charge in [-0.1, -0.05) is 18.2 Å². The van der Waals surface area contributed by atoms with Gasteiger partial charge in [-0.25, -0.2) is 4.98 Å². The maximum absolute atomic E-state index is 12.4. The van der Waals surface area contributed by atoms with Crippen molar-refractivity contribution in [2.24, 2.45) is 0 Å². The molecule has 2 heterocycles. The van der Waals surface area contributed by atoms with Gasteiger partial charge in [0.25, 0.3) is 5.91 Å². The topological polar surface area (TPSA) is 66.9 Å². The highest BCUT2D eigenvalue weighted by atomic mass is 16.1. The van der Waals surface area contributed by atoms with Gasteiger partial charge in [0.1, 0.15) is 5.69 Å². The Morgan fingerprint density at radius 2 is 1.92 bits per heavy atom. The van der Waals surface area contributed by atoms with E-state index < -0.39 is 0 Å². The summed E-state index contributed by atoms with van der Waals surface area (Å²) < 4.78 is 0. The quantitative estimate of drug-likeness (QED) is 0.742. The number of benzene rings is 1. The third-order valence-electron chi connectivity index (χ3n) is 3.84. The molecule has 0 unspecified atom stereocenters. The lowest BCUT2D eigenvalue weighted by molar-refractivity contribution is 0.102. The van der Waals surface area contributed by atoms with Gasteiger partial charge in [-0.05, 0) is 55.3 Å². The Balaban J connectivity index is 1.63. The molecular formula is C20H20N4O. The van der Waals surface area contributed by atoms with E-state index >= 15 is 0 Å². The zero-order chi connectivity index (χ0) is 17.6. The predicted octanol–water partition coefficient (Wildman–Crippen LogP) is 3.96. The van der Waals surface area contributed by atoms with E-state index in [0.29, 0.717) is 12.2 Å². The van der Waals surface area contributed by atoms with E-state index in [1.165, 1.54) is 0 Å². The maximum Gasteiger partial charge on any atom is 0.274 e. The number of rotatable bonds is 5. The molecule has 2 N–H and O–H groups in total. The smallest absolute Gasteiger partial charge is 0.274 e. The van der Waals surface area contributed by atoms with Crippen LogP contribution in [0.1, 0.15) is 27.3 Å². The molecule has 5 nitrogen and oxygen atoms in total. The Morgan fingerprint density at radius 1 is 1.04 bits per heavy atom. The van der Waals surface area contributed by atoms with E-state index in [9.17, 15) is 4.79 Å². The first-order valence-electron chi connectivity index (χ1n) is 8.10. The van der Waals surface area contributed by atoms with E-state index in [2.05, 4.69) is 20.6 Å². The number of anilines is 2.